The van der Waals surface area contributed by atoms with Gasteiger partial charge in [-0.2, -0.15) is 0 Å². The highest BCUT2D eigenvalue weighted by Crippen LogP contribution is 2.31. The zero-order chi connectivity index (χ0) is 30.5. The molecule has 3 aromatic carbocycles. The SMILES string of the molecule is O=C(N[C@@H](c1ccccc1)c1cccc(OCc2ccc(C(=O)N3CCC(C(=O)O)CC3)cc2)c1)OC1CN2CCC1CC2. The molecular weight excluding hydrogens is 558 g/mol. The van der Waals surface area contributed by atoms with Crippen molar-refractivity contribution in [2.24, 2.45) is 11.8 Å². The molecule has 4 aliphatic heterocycles. The van der Waals surface area contributed by atoms with E-state index in [1.807, 2.05) is 66.7 Å². The van der Waals surface area contributed by atoms with Crippen LogP contribution in [0.2, 0.25) is 0 Å². The highest BCUT2D eigenvalue weighted by molar-refractivity contribution is 5.94. The average molecular weight is 598 g/mol. The molecule has 4 aliphatic rings. The van der Waals surface area contributed by atoms with E-state index < -0.39 is 18.1 Å². The van der Waals surface area contributed by atoms with Crippen LogP contribution < -0.4 is 10.1 Å². The Morgan fingerprint density at radius 2 is 1.55 bits per heavy atom. The second-order valence-corrected chi connectivity index (χ2v) is 12.0. The minimum absolute atomic E-state index is 0.0746. The summed E-state index contributed by atoms with van der Waals surface area (Å²) in [5.41, 5.74) is 3.32. The number of nitrogens with zero attached hydrogens (tertiary/aromatic N) is 2. The molecule has 0 aliphatic carbocycles. The van der Waals surface area contributed by atoms with Crippen molar-refractivity contribution in [1.29, 1.82) is 0 Å². The molecule has 9 nitrogen and oxygen atoms in total. The van der Waals surface area contributed by atoms with Gasteiger partial charge in [0.1, 0.15) is 18.5 Å². The Balaban J connectivity index is 1.08. The number of carboxylic acids is 1. The summed E-state index contributed by atoms with van der Waals surface area (Å²) in [6.45, 7) is 4.19. The molecule has 2 bridgehead atoms. The molecule has 2 N–H and O–H groups in total. The number of carbonyl (C=O) groups excluding carboxylic acids is 2. The van der Waals surface area contributed by atoms with Crippen LogP contribution in [0.1, 0.15) is 58.8 Å². The van der Waals surface area contributed by atoms with Crippen molar-refractivity contribution in [3.8, 4) is 5.75 Å². The maximum absolute atomic E-state index is 13.1. The Labute approximate surface area is 257 Å². The molecule has 2 amide bonds. The van der Waals surface area contributed by atoms with Crippen LogP contribution in [-0.4, -0.2) is 71.7 Å². The van der Waals surface area contributed by atoms with E-state index in [2.05, 4.69) is 10.2 Å². The second kappa shape index (κ2) is 13.5. The van der Waals surface area contributed by atoms with E-state index in [-0.39, 0.29) is 17.9 Å². The first kappa shape index (κ1) is 29.7. The number of hydrogen-bond acceptors (Lipinski definition) is 6. The van der Waals surface area contributed by atoms with Crippen LogP contribution in [0.15, 0.2) is 78.9 Å². The molecule has 4 fully saturated rings. The molecule has 9 heteroatoms. The number of carboxylic acid groups (broad SMARTS) is 1. The number of likely N-dealkylation sites (tertiary alicyclic amines) is 1. The Hall–Kier alpha value is -4.37. The fraction of sp³-hybridized carbons (Fsp3) is 0.400. The summed E-state index contributed by atoms with van der Waals surface area (Å²) >= 11 is 0. The monoisotopic (exact) mass is 597 g/mol. The van der Waals surface area contributed by atoms with Gasteiger partial charge in [0.25, 0.3) is 5.91 Å². The van der Waals surface area contributed by atoms with Crippen LogP contribution in [0.3, 0.4) is 0 Å². The predicted molar refractivity (Wildman–Crippen MR) is 164 cm³/mol. The molecule has 7 rings (SSSR count). The molecular formula is C35H39N3O6. The summed E-state index contributed by atoms with van der Waals surface area (Å²) in [4.78, 5) is 41.3. The Bertz CT molecular complexity index is 1450. The van der Waals surface area contributed by atoms with E-state index in [9.17, 15) is 19.5 Å². The van der Waals surface area contributed by atoms with Gasteiger partial charge >= 0.3 is 12.1 Å². The zero-order valence-electron chi connectivity index (χ0n) is 24.8. The maximum atomic E-state index is 13.1. The number of amides is 2. The molecule has 0 radical (unpaired) electrons. The third-order valence-electron chi connectivity index (χ3n) is 9.18. The minimum Gasteiger partial charge on any atom is -0.489 e. The van der Waals surface area contributed by atoms with Crippen molar-refractivity contribution in [2.45, 2.75) is 44.4 Å². The lowest BCUT2D eigenvalue weighted by Gasteiger charge is -2.43. The fourth-order valence-corrected chi connectivity index (χ4v) is 6.54. The molecule has 44 heavy (non-hydrogen) atoms. The van der Waals surface area contributed by atoms with Crippen molar-refractivity contribution in [2.75, 3.05) is 32.7 Å². The normalized spacial score (nSPS) is 22.2. The van der Waals surface area contributed by atoms with E-state index >= 15 is 0 Å². The average Bonchev–Trinajstić information content (AvgIpc) is 3.07. The van der Waals surface area contributed by atoms with Crippen molar-refractivity contribution in [3.05, 3.63) is 101 Å². The topological polar surface area (TPSA) is 108 Å². The molecule has 4 saturated heterocycles. The molecule has 0 aromatic heterocycles. The quantitative estimate of drug-likeness (QED) is 0.353. The third-order valence-corrected chi connectivity index (χ3v) is 9.18. The number of aliphatic carboxylic acids is 1. The number of alkyl carbamates (subject to hydrolysis) is 1. The first-order valence-corrected chi connectivity index (χ1v) is 15.5. The van der Waals surface area contributed by atoms with E-state index in [4.69, 9.17) is 9.47 Å². The first-order chi connectivity index (χ1) is 21.4. The van der Waals surface area contributed by atoms with Gasteiger partial charge in [-0.05, 0) is 85.6 Å². The lowest BCUT2D eigenvalue weighted by molar-refractivity contribution is -0.143. The summed E-state index contributed by atoms with van der Waals surface area (Å²) in [5, 5.41) is 12.3. The van der Waals surface area contributed by atoms with E-state index in [0.717, 1.165) is 49.2 Å². The minimum atomic E-state index is -0.791. The van der Waals surface area contributed by atoms with Gasteiger partial charge in [-0.15, -0.1) is 0 Å². The number of benzene rings is 3. The van der Waals surface area contributed by atoms with Gasteiger partial charge < -0.3 is 24.8 Å². The van der Waals surface area contributed by atoms with Crippen molar-refractivity contribution >= 4 is 18.0 Å². The van der Waals surface area contributed by atoms with Gasteiger partial charge in [0, 0.05) is 25.2 Å². The molecule has 230 valence electrons. The molecule has 0 saturated carbocycles. The van der Waals surface area contributed by atoms with Gasteiger partial charge in [0.15, 0.2) is 0 Å². The van der Waals surface area contributed by atoms with E-state index in [1.54, 1.807) is 17.0 Å². The van der Waals surface area contributed by atoms with Crippen LogP contribution in [0.5, 0.6) is 5.75 Å². The standard InChI is InChI=1S/C35H39N3O6/c39-33(38-19-15-28(16-20-38)34(40)41)27-11-9-24(10-12-27)23-43-30-8-4-7-29(21-30)32(26-5-2-1-3-6-26)36-35(42)44-31-22-37-17-13-25(31)14-18-37/h1-12,21,25,28,31-32H,13-20,22-23H2,(H,36,42)(H,40,41)/t31?,32-/m0/s1. The smallest absolute Gasteiger partial charge is 0.408 e. The Morgan fingerprint density at radius 1 is 0.841 bits per heavy atom. The van der Waals surface area contributed by atoms with Gasteiger partial charge in [0.2, 0.25) is 0 Å². The van der Waals surface area contributed by atoms with E-state index in [0.29, 0.717) is 49.8 Å². The van der Waals surface area contributed by atoms with E-state index in [1.165, 1.54) is 0 Å². The highest BCUT2D eigenvalue weighted by Gasteiger charge is 2.37. The van der Waals surface area contributed by atoms with Crippen LogP contribution >= 0.6 is 0 Å². The summed E-state index contributed by atoms with van der Waals surface area (Å²) in [7, 11) is 0. The Kier molecular flexibility index (Phi) is 9.12. The summed E-state index contributed by atoms with van der Waals surface area (Å²) < 4.78 is 12.1. The lowest BCUT2D eigenvalue weighted by Crippen LogP contribution is -2.52. The zero-order valence-corrected chi connectivity index (χ0v) is 24.8. The molecule has 4 heterocycles. The molecule has 3 aromatic rings. The fourth-order valence-electron chi connectivity index (χ4n) is 6.54. The summed E-state index contributed by atoms with van der Waals surface area (Å²) in [6, 6.07) is 24.5. The van der Waals surface area contributed by atoms with Crippen molar-refractivity contribution in [3.63, 3.8) is 0 Å². The van der Waals surface area contributed by atoms with Gasteiger partial charge in [0.05, 0.1) is 12.0 Å². The second-order valence-electron chi connectivity index (χ2n) is 12.0. The van der Waals surface area contributed by atoms with Gasteiger partial charge in [-0.25, -0.2) is 4.79 Å². The number of rotatable bonds is 9. The number of hydrogen-bond donors (Lipinski definition) is 2. The van der Waals surface area contributed by atoms with Gasteiger partial charge in [-0.3, -0.25) is 14.5 Å². The van der Waals surface area contributed by atoms with Gasteiger partial charge in [-0.1, -0.05) is 54.6 Å². The number of carbonyl (C=O) groups is 3. The largest absolute Gasteiger partial charge is 0.489 e. The van der Waals surface area contributed by atoms with Crippen molar-refractivity contribution in [1.82, 2.24) is 15.1 Å². The Morgan fingerprint density at radius 3 is 2.20 bits per heavy atom. The van der Waals surface area contributed by atoms with Crippen LogP contribution in [0.4, 0.5) is 4.79 Å². The summed E-state index contributed by atoms with van der Waals surface area (Å²) in [5.74, 6) is -0.153. The van der Waals surface area contributed by atoms with Crippen LogP contribution in [0.25, 0.3) is 0 Å². The van der Waals surface area contributed by atoms with Crippen LogP contribution in [0, 0.1) is 11.8 Å². The molecule has 0 spiro atoms. The maximum Gasteiger partial charge on any atom is 0.408 e. The lowest BCUT2D eigenvalue weighted by atomic mass is 9.86. The number of nitrogens with one attached hydrogen (secondary N) is 1. The number of piperidine rings is 4. The van der Waals surface area contributed by atoms with Crippen LogP contribution in [-0.2, 0) is 16.1 Å². The predicted octanol–water partition coefficient (Wildman–Crippen LogP) is 5.11. The number of ether oxygens (including phenoxy) is 2. The molecule has 2 atom stereocenters. The summed E-state index contributed by atoms with van der Waals surface area (Å²) in [6.07, 6.45) is 2.62. The number of fused-ring (bicyclic) bond motifs is 3. The third kappa shape index (κ3) is 7.05. The van der Waals surface area contributed by atoms with Crippen molar-refractivity contribution < 1.29 is 29.0 Å². The highest BCUT2D eigenvalue weighted by atomic mass is 16.6. The molecule has 1 unspecified atom stereocenters. The first-order valence-electron chi connectivity index (χ1n) is 15.5.